The number of aromatic nitrogens is 3. The molecule has 1 aromatic carbocycles. The van der Waals surface area contributed by atoms with Gasteiger partial charge in [0.05, 0.1) is 10.7 Å². The fourth-order valence-electron chi connectivity index (χ4n) is 4.63. The highest BCUT2D eigenvalue weighted by Crippen LogP contribution is 2.32. The largest absolute Gasteiger partial charge is 0.352 e. The summed E-state index contributed by atoms with van der Waals surface area (Å²) < 4.78 is 0. The monoisotopic (exact) mass is 482 g/mol. The Labute approximate surface area is 205 Å². The standard InChI is InChI=1S/C25H28Cl2N6/c1-17-7-8-19(14-21(17)27)22-15-23(30-25(29-22)31-10-3-4-11-31)33-13-12-32(16-18(33)2)24-20(26)6-5-9-28-24/h5-9,14-15,18H,3-4,10-13,16H2,1-2H3. The van der Waals surface area contributed by atoms with Crippen LogP contribution in [0.4, 0.5) is 17.6 Å². The summed E-state index contributed by atoms with van der Waals surface area (Å²) in [6, 6.07) is 12.2. The number of aryl methyl sites for hydroxylation is 1. The van der Waals surface area contributed by atoms with Crippen LogP contribution in [0.1, 0.15) is 25.3 Å². The lowest BCUT2D eigenvalue weighted by Crippen LogP contribution is -2.52. The van der Waals surface area contributed by atoms with Gasteiger partial charge in [-0.25, -0.2) is 9.97 Å². The van der Waals surface area contributed by atoms with Crippen molar-refractivity contribution in [2.45, 2.75) is 32.7 Å². The molecule has 0 amide bonds. The molecule has 4 heterocycles. The van der Waals surface area contributed by atoms with Crippen molar-refractivity contribution in [1.29, 1.82) is 0 Å². The number of pyridine rings is 1. The van der Waals surface area contributed by atoms with E-state index in [2.05, 4.69) is 38.7 Å². The number of rotatable bonds is 4. The average Bonchev–Trinajstić information content (AvgIpc) is 3.36. The zero-order chi connectivity index (χ0) is 22.9. The summed E-state index contributed by atoms with van der Waals surface area (Å²) in [4.78, 5) is 21.4. The molecule has 3 aromatic rings. The van der Waals surface area contributed by atoms with E-state index in [1.807, 2.05) is 31.2 Å². The molecule has 33 heavy (non-hydrogen) atoms. The Balaban J connectivity index is 1.47. The fourth-order valence-corrected chi connectivity index (χ4v) is 5.05. The van der Waals surface area contributed by atoms with Gasteiger partial charge in [-0.2, -0.15) is 4.98 Å². The second-order valence-electron chi connectivity index (χ2n) is 8.87. The summed E-state index contributed by atoms with van der Waals surface area (Å²) in [6.07, 6.45) is 4.16. The topological polar surface area (TPSA) is 48.4 Å². The number of piperazine rings is 1. The summed E-state index contributed by atoms with van der Waals surface area (Å²) in [6.45, 7) is 8.73. The zero-order valence-corrected chi connectivity index (χ0v) is 20.5. The molecule has 0 saturated carbocycles. The minimum atomic E-state index is 0.243. The van der Waals surface area contributed by atoms with Crippen LogP contribution in [0.5, 0.6) is 0 Å². The van der Waals surface area contributed by atoms with Gasteiger partial charge in [-0.05, 0) is 50.5 Å². The highest BCUT2D eigenvalue weighted by atomic mass is 35.5. The van der Waals surface area contributed by atoms with Crippen LogP contribution in [0, 0.1) is 6.92 Å². The van der Waals surface area contributed by atoms with Crippen molar-refractivity contribution in [3.8, 4) is 11.3 Å². The number of hydrogen-bond acceptors (Lipinski definition) is 6. The molecule has 0 bridgehead atoms. The third-order valence-corrected chi connectivity index (χ3v) is 7.22. The highest BCUT2D eigenvalue weighted by molar-refractivity contribution is 6.33. The number of benzene rings is 1. The number of nitrogens with zero attached hydrogens (tertiary/aromatic N) is 6. The molecule has 2 aliphatic heterocycles. The van der Waals surface area contributed by atoms with Crippen molar-refractivity contribution in [2.75, 3.05) is 47.4 Å². The van der Waals surface area contributed by atoms with E-state index < -0.39 is 0 Å². The molecule has 0 N–H and O–H groups in total. The quantitative estimate of drug-likeness (QED) is 0.491. The van der Waals surface area contributed by atoms with Gasteiger partial charge in [0.15, 0.2) is 0 Å². The first-order valence-corrected chi connectivity index (χ1v) is 12.3. The molecule has 8 heteroatoms. The molecular formula is C25H28Cl2N6. The van der Waals surface area contributed by atoms with E-state index >= 15 is 0 Å². The summed E-state index contributed by atoms with van der Waals surface area (Å²) in [5.41, 5.74) is 2.99. The van der Waals surface area contributed by atoms with Crippen LogP contribution >= 0.6 is 23.2 Å². The lowest BCUT2D eigenvalue weighted by molar-refractivity contribution is 0.542. The molecule has 0 spiro atoms. The van der Waals surface area contributed by atoms with Crippen LogP contribution in [0.2, 0.25) is 10.0 Å². The summed E-state index contributed by atoms with van der Waals surface area (Å²) in [5.74, 6) is 2.61. The number of hydrogen-bond donors (Lipinski definition) is 0. The zero-order valence-electron chi connectivity index (χ0n) is 19.0. The first kappa shape index (κ1) is 22.2. The van der Waals surface area contributed by atoms with Gasteiger partial charge < -0.3 is 14.7 Å². The summed E-state index contributed by atoms with van der Waals surface area (Å²) in [7, 11) is 0. The second kappa shape index (κ2) is 9.35. The molecule has 0 aliphatic carbocycles. The van der Waals surface area contributed by atoms with Gasteiger partial charge in [-0.15, -0.1) is 0 Å². The molecule has 1 atom stereocenters. The van der Waals surface area contributed by atoms with Crippen molar-refractivity contribution in [3.05, 3.63) is 58.2 Å². The van der Waals surface area contributed by atoms with E-state index in [1.54, 1.807) is 6.20 Å². The molecule has 2 saturated heterocycles. The van der Waals surface area contributed by atoms with E-state index in [-0.39, 0.29) is 6.04 Å². The lowest BCUT2D eigenvalue weighted by Gasteiger charge is -2.41. The van der Waals surface area contributed by atoms with Gasteiger partial charge in [0.25, 0.3) is 0 Å². The normalized spacial score (nSPS) is 18.8. The third-order valence-electron chi connectivity index (χ3n) is 6.52. The van der Waals surface area contributed by atoms with E-state index in [0.29, 0.717) is 5.02 Å². The van der Waals surface area contributed by atoms with Crippen molar-refractivity contribution in [1.82, 2.24) is 15.0 Å². The smallest absolute Gasteiger partial charge is 0.227 e. The average molecular weight is 483 g/mol. The first-order chi connectivity index (χ1) is 16.0. The predicted molar refractivity (Wildman–Crippen MR) is 137 cm³/mol. The minimum Gasteiger partial charge on any atom is -0.352 e. The second-order valence-corrected chi connectivity index (χ2v) is 9.68. The van der Waals surface area contributed by atoms with Crippen LogP contribution in [0.3, 0.4) is 0 Å². The molecule has 0 radical (unpaired) electrons. The molecule has 1 unspecified atom stereocenters. The fraction of sp³-hybridized carbons (Fsp3) is 0.400. The molecule has 5 rings (SSSR count). The molecule has 2 fully saturated rings. The lowest BCUT2D eigenvalue weighted by atomic mass is 10.1. The third kappa shape index (κ3) is 4.59. The Morgan fingerprint density at radius 1 is 0.909 bits per heavy atom. The van der Waals surface area contributed by atoms with E-state index in [0.717, 1.165) is 72.2 Å². The Morgan fingerprint density at radius 2 is 1.73 bits per heavy atom. The molecule has 172 valence electrons. The van der Waals surface area contributed by atoms with E-state index in [9.17, 15) is 0 Å². The van der Waals surface area contributed by atoms with Gasteiger partial charge >= 0.3 is 0 Å². The highest BCUT2D eigenvalue weighted by Gasteiger charge is 2.28. The van der Waals surface area contributed by atoms with Crippen LogP contribution < -0.4 is 14.7 Å². The SMILES string of the molecule is Cc1ccc(-c2cc(N3CCN(c4ncccc4Cl)CC3C)nc(N3CCCC3)n2)cc1Cl. The first-order valence-electron chi connectivity index (χ1n) is 11.5. The summed E-state index contributed by atoms with van der Waals surface area (Å²) in [5, 5.41) is 1.44. The van der Waals surface area contributed by atoms with E-state index in [1.165, 1.54) is 12.8 Å². The van der Waals surface area contributed by atoms with Gasteiger partial charge in [0.1, 0.15) is 11.6 Å². The predicted octanol–water partition coefficient (Wildman–Crippen LogP) is 5.47. The van der Waals surface area contributed by atoms with Crippen LogP contribution in [0.25, 0.3) is 11.3 Å². The van der Waals surface area contributed by atoms with Crippen molar-refractivity contribution < 1.29 is 0 Å². The summed E-state index contributed by atoms with van der Waals surface area (Å²) >= 11 is 12.9. The Morgan fingerprint density at radius 3 is 2.45 bits per heavy atom. The molecule has 2 aromatic heterocycles. The Hall–Kier alpha value is -2.57. The molecular weight excluding hydrogens is 455 g/mol. The van der Waals surface area contributed by atoms with Crippen LogP contribution in [-0.2, 0) is 0 Å². The molecule has 6 nitrogen and oxygen atoms in total. The van der Waals surface area contributed by atoms with Gasteiger partial charge in [-0.1, -0.05) is 35.3 Å². The van der Waals surface area contributed by atoms with Crippen LogP contribution in [-0.4, -0.2) is 53.7 Å². The van der Waals surface area contributed by atoms with E-state index in [4.69, 9.17) is 33.2 Å². The Bertz CT molecular complexity index is 1150. The number of anilines is 3. The maximum absolute atomic E-state index is 6.44. The minimum absolute atomic E-state index is 0.243. The van der Waals surface area contributed by atoms with Gasteiger partial charge in [0, 0.05) is 61.6 Å². The number of halogens is 2. The van der Waals surface area contributed by atoms with Crippen molar-refractivity contribution >= 4 is 40.8 Å². The van der Waals surface area contributed by atoms with Gasteiger partial charge in [-0.3, -0.25) is 0 Å². The maximum Gasteiger partial charge on any atom is 0.227 e. The van der Waals surface area contributed by atoms with Crippen molar-refractivity contribution in [3.63, 3.8) is 0 Å². The molecule has 2 aliphatic rings. The van der Waals surface area contributed by atoms with Crippen molar-refractivity contribution in [2.24, 2.45) is 0 Å². The Kier molecular flexibility index (Phi) is 6.30. The maximum atomic E-state index is 6.44. The van der Waals surface area contributed by atoms with Gasteiger partial charge in [0.2, 0.25) is 5.95 Å². The van der Waals surface area contributed by atoms with Crippen LogP contribution in [0.15, 0.2) is 42.6 Å².